The van der Waals surface area contributed by atoms with Crippen LogP contribution in [0.1, 0.15) is 16.4 Å². The summed E-state index contributed by atoms with van der Waals surface area (Å²) < 4.78 is 18.6. The van der Waals surface area contributed by atoms with E-state index in [9.17, 15) is 9.18 Å². The van der Waals surface area contributed by atoms with Crippen LogP contribution >= 0.6 is 0 Å². The highest BCUT2D eigenvalue weighted by atomic mass is 19.1. The third kappa shape index (κ3) is 1.66. The van der Waals surface area contributed by atoms with Crippen molar-refractivity contribution in [1.82, 2.24) is 9.97 Å². The number of carbonyl (C=O) groups is 1. The second-order valence-corrected chi connectivity index (χ2v) is 3.67. The van der Waals surface area contributed by atoms with Gasteiger partial charge in [0.15, 0.2) is 17.2 Å². The molecule has 0 spiro atoms. The van der Waals surface area contributed by atoms with E-state index in [-0.39, 0.29) is 17.2 Å². The maximum Gasteiger partial charge on any atom is 0.265 e. The van der Waals surface area contributed by atoms with Gasteiger partial charge in [0.25, 0.3) is 5.78 Å². The minimum absolute atomic E-state index is 0.0250. The number of benzene rings is 1. The Morgan fingerprint density at radius 2 is 1.94 bits per heavy atom. The van der Waals surface area contributed by atoms with Gasteiger partial charge in [-0.25, -0.2) is 14.4 Å². The van der Waals surface area contributed by atoms with Crippen molar-refractivity contribution in [2.75, 3.05) is 0 Å². The molecule has 4 nitrogen and oxygen atoms in total. The Hall–Kier alpha value is -2.56. The van der Waals surface area contributed by atoms with Gasteiger partial charge >= 0.3 is 0 Å². The zero-order valence-corrected chi connectivity index (χ0v) is 9.13. The molecule has 0 N–H and O–H groups in total. The Kier molecular flexibility index (Phi) is 2.37. The first-order chi connectivity index (χ1) is 8.75. The largest absolute Gasteiger partial charge is 0.449 e. The van der Waals surface area contributed by atoms with Crippen LogP contribution in [-0.4, -0.2) is 15.8 Å². The highest BCUT2D eigenvalue weighted by Crippen LogP contribution is 2.23. The predicted molar refractivity (Wildman–Crippen MR) is 61.6 cm³/mol. The van der Waals surface area contributed by atoms with Gasteiger partial charge in [0.05, 0.1) is 0 Å². The van der Waals surface area contributed by atoms with E-state index in [1.54, 1.807) is 18.2 Å². The van der Waals surface area contributed by atoms with Crippen LogP contribution < -0.4 is 0 Å². The number of hydrogen-bond donors (Lipinski definition) is 0. The predicted octanol–water partition coefficient (Wildman–Crippen LogP) is 2.59. The van der Waals surface area contributed by atoms with Crippen molar-refractivity contribution < 1.29 is 13.6 Å². The van der Waals surface area contributed by atoms with Crippen molar-refractivity contribution in [3.8, 4) is 0 Å². The highest BCUT2D eigenvalue weighted by molar-refractivity contribution is 6.06. The lowest BCUT2D eigenvalue weighted by Crippen LogP contribution is -2.04. The number of rotatable bonds is 2. The molecular formula is C13H7FN2O2. The lowest BCUT2D eigenvalue weighted by molar-refractivity contribution is 0.100. The van der Waals surface area contributed by atoms with Crippen LogP contribution in [0.3, 0.4) is 0 Å². The fourth-order valence-corrected chi connectivity index (χ4v) is 1.67. The number of furan rings is 1. The van der Waals surface area contributed by atoms with Gasteiger partial charge in [-0.1, -0.05) is 12.1 Å². The van der Waals surface area contributed by atoms with Crippen molar-refractivity contribution in [2.24, 2.45) is 0 Å². The maximum absolute atomic E-state index is 13.4. The smallest absolute Gasteiger partial charge is 0.265 e. The van der Waals surface area contributed by atoms with Crippen LogP contribution in [0, 0.1) is 5.82 Å². The third-order valence-electron chi connectivity index (χ3n) is 2.49. The van der Waals surface area contributed by atoms with Gasteiger partial charge in [-0.15, -0.1) is 0 Å². The normalized spacial score (nSPS) is 10.7. The monoisotopic (exact) mass is 242 g/mol. The molecule has 0 aliphatic heterocycles. The Balaban J connectivity index is 2.10. The van der Waals surface area contributed by atoms with E-state index in [1.807, 2.05) is 0 Å². The molecule has 2 aromatic heterocycles. The van der Waals surface area contributed by atoms with Crippen LogP contribution in [0.5, 0.6) is 0 Å². The third-order valence-corrected chi connectivity index (χ3v) is 2.49. The molecule has 3 aromatic rings. The minimum Gasteiger partial charge on any atom is -0.449 e. The summed E-state index contributed by atoms with van der Waals surface area (Å²) in [6, 6.07) is 7.59. The topological polar surface area (TPSA) is 56.0 Å². The second-order valence-electron chi connectivity index (χ2n) is 3.67. The van der Waals surface area contributed by atoms with Crippen molar-refractivity contribution in [3.05, 3.63) is 60.1 Å². The van der Waals surface area contributed by atoms with Crippen LogP contribution in [0.15, 0.2) is 47.1 Å². The average molecular weight is 242 g/mol. The van der Waals surface area contributed by atoms with Gasteiger partial charge in [-0.2, -0.15) is 0 Å². The highest BCUT2D eigenvalue weighted by Gasteiger charge is 2.18. The first-order valence-corrected chi connectivity index (χ1v) is 5.25. The van der Waals surface area contributed by atoms with Crippen molar-refractivity contribution in [3.63, 3.8) is 0 Å². The van der Waals surface area contributed by atoms with Crippen LogP contribution in [0.25, 0.3) is 11.0 Å². The fourth-order valence-electron chi connectivity index (χ4n) is 1.67. The number of nitrogens with zero attached hydrogens (tertiary/aromatic N) is 2. The molecule has 0 aliphatic rings. The van der Waals surface area contributed by atoms with E-state index in [0.717, 1.165) is 0 Å². The summed E-state index contributed by atoms with van der Waals surface area (Å²) in [4.78, 5) is 19.7. The van der Waals surface area contributed by atoms with Gasteiger partial charge in [-0.05, 0) is 18.2 Å². The fraction of sp³-hybridized carbons (Fsp3) is 0. The number of halogens is 1. The van der Waals surface area contributed by atoms with Gasteiger partial charge < -0.3 is 4.42 Å². The molecule has 0 bridgehead atoms. The SMILES string of the molecule is O=C(c1ncccn1)c1cc2cccc(F)c2o1. The number of fused-ring (bicyclic) bond motifs is 1. The van der Waals surface area contributed by atoms with Crippen molar-refractivity contribution in [2.45, 2.75) is 0 Å². The first-order valence-electron chi connectivity index (χ1n) is 5.25. The number of hydrogen-bond acceptors (Lipinski definition) is 4. The summed E-state index contributed by atoms with van der Waals surface area (Å²) >= 11 is 0. The van der Waals surface area contributed by atoms with Crippen LogP contribution in [0.2, 0.25) is 0 Å². The van der Waals surface area contributed by atoms with Crippen LogP contribution in [-0.2, 0) is 0 Å². The summed E-state index contributed by atoms with van der Waals surface area (Å²) in [5.41, 5.74) is 0.0665. The quantitative estimate of drug-likeness (QED) is 0.648. The molecule has 1 aromatic carbocycles. The molecule has 0 radical (unpaired) electrons. The van der Waals surface area contributed by atoms with E-state index in [2.05, 4.69) is 9.97 Å². The Labute approximate surface area is 101 Å². The van der Waals surface area contributed by atoms with Gasteiger partial charge in [0, 0.05) is 17.8 Å². The number of carbonyl (C=O) groups excluding carboxylic acids is 1. The Bertz CT molecular complexity index is 722. The van der Waals surface area contributed by atoms with E-state index < -0.39 is 11.6 Å². The number of ketones is 1. The Morgan fingerprint density at radius 3 is 2.67 bits per heavy atom. The van der Waals surface area contributed by atoms with E-state index in [4.69, 9.17) is 4.42 Å². The van der Waals surface area contributed by atoms with Crippen LogP contribution in [0.4, 0.5) is 4.39 Å². The molecule has 18 heavy (non-hydrogen) atoms. The van der Waals surface area contributed by atoms with Gasteiger partial charge in [-0.3, -0.25) is 4.79 Å². The molecule has 3 rings (SSSR count). The Morgan fingerprint density at radius 1 is 1.17 bits per heavy atom. The summed E-state index contributed by atoms with van der Waals surface area (Å²) in [6.07, 6.45) is 2.92. The molecule has 0 saturated carbocycles. The first kappa shape index (κ1) is 10.6. The minimum atomic E-state index is -0.500. The molecule has 0 fully saturated rings. The molecule has 2 heterocycles. The molecular weight excluding hydrogens is 235 g/mol. The van der Waals surface area contributed by atoms with Crippen molar-refractivity contribution in [1.29, 1.82) is 0 Å². The molecule has 0 amide bonds. The van der Waals surface area contributed by atoms with E-state index in [0.29, 0.717) is 5.39 Å². The average Bonchev–Trinajstić information content (AvgIpc) is 2.84. The standard InChI is InChI=1S/C13H7FN2O2/c14-9-4-1-3-8-7-10(18-12(8)9)11(17)13-15-5-2-6-16-13/h1-7H. The molecule has 5 heteroatoms. The molecule has 0 aliphatic carbocycles. The lowest BCUT2D eigenvalue weighted by Gasteiger charge is -1.93. The van der Waals surface area contributed by atoms with E-state index >= 15 is 0 Å². The lowest BCUT2D eigenvalue weighted by atomic mass is 10.2. The van der Waals surface area contributed by atoms with Crippen molar-refractivity contribution >= 4 is 16.8 Å². The maximum atomic E-state index is 13.4. The summed E-state index contributed by atoms with van der Waals surface area (Å²) in [5, 5.41) is 0.536. The second kappa shape index (κ2) is 4.03. The summed E-state index contributed by atoms with van der Waals surface area (Å²) in [6.45, 7) is 0. The summed E-state index contributed by atoms with van der Waals surface area (Å²) in [5.74, 6) is -0.912. The molecule has 0 unspecified atom stereocenters. The van der Waals surface area contributed by atoms with E-state index in [1.165, 1.54) is 24.5 Å². The number of aromatic nitrogens is 2. The summed E-state index contributed by atoms with van der Waals surface area (Å²) in [7, 11) is 0. The zero-order valence-electron chi connectivity index (χ0n) is 9.13. The zero-order chi connectivity index (χ0) is 12.5. The number of para-hydroxylation sites is 1. The molecule has 0 saturated heterocycles. The molecule has 88 valence electrons. The molecule has 0 atom stereocenters. The van der Waals surface area contributed by atoms with Gasteiger partial charge in [0.1, 0.15) is 0 Å². The van der Waals surface area contributed by atoms with Gasteiger partial charge in [0.2, 0.25) is 5.82 Å².